The van der Waals surface area contributed by atoms with Gasteiger partial charge in [0, 0.05) is 30.6 Å². The Morgan fingerprint density at radius 2 is 1.38 bits per heavy atom. The number of carbonyl (C=O) groups is 2. The second-order valence-electron chi connectivity index (χ2n) is 12.5. The number of allylic oxidation sites excluding steroid dienone is 1. The molecular formula is C32H63N3O4. The minimum atomic E-state index is -0.936. The Labute approximate surface area is 240 Å². The summed E-state index contributed by atoms with van der Waals surface area (Å²) in [5.41, 5.74) is -0.614. The fourth-order valence-electron chi connectivity index (χ4n) is 4.52. The highest BCUT2D eigenvalue weighted by Crippen LogP contribution is 2.15. The number of ether oxygens (including phenoxy) is 1. The first-order chi connectivity index (χ1) is 18.4. The van der Waals surface area contributed by atoms with Gasteiger partial charge in [-0.25, -0.2) is 4.79 Å². The van der Waals surface area contributed by atoms with Crippen molar-refractivity contribution in [1.82, 2.24) is 15.5 Å². The quantitative estimate of drug-likeness (QED) is 0.0994. The van der Waals surface area contributed by atoms with Crippen LogP contribution >= 0.6 is 0 Å². The average molecular weight is 554 g/mol. The van der Waals surface area contributed by atoms with E-state index in [2.05, 4.69) is 50.2 Å². The van der Waals surface area contributed by atoms with Gasteiger partial charge in [0.2, 0.25) is 5.91 Å². The summed E-state index contributed by atoms with van der Waals surface area (Å²) < 4.78 is 5.38. The van der Waals surface area contributed by atoms with Gasteiger partial charge >= 0.3 is 6.09 Å². The molecule has 0 aliphatic rings. The first-order valence-corrected chi connectivity index (χ1v) is 15.7. The molecule has 0 aromatic carbocycles. The summed E-state index contributed by atoms with van der Waals surface area (Å²) in [4.78, 5) is 27.2. The molecule has 0 unspecified atom stereocenters. The number of rotatable bonds is 22. The normalized spacial score (nSPS) is 13.8. The van der Waals surface area contributed by atoms with E-state index in [1.54, 1.807) is 6.08 Å². The maximum absolute atomic E-state index is 12.6. The van der Waals surface area contributed by atoms with Crippen molar-refractivity contribution in [2.75, 3.05) is 19.7 Å². The Morgan fingerprint density at radius 1 is 0.872 bits per heavy atom. The van der Waals surface area contributed by atoms with Crippen molar-refractivity contribution in [1.29, 1.82) is 0 Å². The van der Waals surface area contributed by atoms with Gasteiger partial charge in [-0.3, -0.25) is 9.69 Å². The SMILES string of the molecule is CCCCCCCCCCCCC/C=C/[C@@H](O)[C@H](COC(=O)NCCN(C(C)C)C(C)C)NC(=O)C(C)(C)C. The highest BCUT2D eigenvalue weighted by atomic mass is 16.5. The van der Waals surface area contributed by atoms with Gasteiger partial charge in [-0.2, -0.15) is 0 Å². The Morgan fingerprint density at radius 3 is 1.87 bits per heavy atom. The molecule has 0 rings (SSSR count). The molecule has 0 aromatic heterocycles. The van der Waals surface area contributed by atoms with Crippen LogP contribution in [0.5, 0.6) is 0 Å². The van der Waals surface area contributed by atoms with E-state index >= 15 is 0 Å². The molecule has 2 amide bonds. The summed E-state index contributed by atoms with van der Waals surface area (Å²) in [6.07, 6.45) is 17.4. The maximum atomic E-state index is 12.6. The van der Waals surface area contributed by atoms with E-state index in [1.807, 2.05) is 26.8 Å². The van der Waals surface area contributed by atoms with Crippen molar-refractivity contribution in [3.05, 3.63) is 12.2 Å². The van der Waals surface area contributed by atoms with Gasteiger partial charge in [0.05, 0.1) is 12.1 Å². The number of aliphatic hydroxyl groups excluding tert-OH is 1. The Hall–Kier alpha value is -1.60. The van der Waals surface area contributed by atoms with Crippen molar-refractivity contribution >= 4 is 12.0 Å². The summed E-state index contributed by atoms with van der Waals surface area (Å²) >= 11 is 0. The first-order valence-electron chi connectivity index (χ1n) is 15.7. The van der Waals surface area contributed by atoms with Gasteiger partial charge < -0.3 is 20.5 Å². The molecule has 7 heteroatoms. The predicted octanol–water partition coefficient (Wildman–Crippen LogP) is 6.98. The summed E-state index contributed by atoms with van der Waals surface area (Å²) in [7, 11) is 0. The third-order valence-corrected chi connectivity index (χ3v) is 7.08. The number of alkyl carbamates (subject to hydrolysis) is 1. The summed E-state index contributed by atoms with van der Waals surface area (Å²) in [5.74, 6) is -0.196. The van der Waals surface area contributed by atoms with Gasteiger partial charge in [0.15, 0.2) is 0 Å². The van der Waals surface area contributed by atoms with E-state index in [4.69, 9.17) is 4.74 Å². The number of amides is 2. The Bertz CT molecular complexity index is 650. The standard InChI is InChI=1S/C32H63N3O4/c1-9-10-11-12-13-14-15-16-17-18-19-20-21-22-29(36)28(34-30(37)32(6,7)8)25-39-31(38)33-23-24-35(26(2)3)27(4)5/h21-22,26-29,36H,9-20,23-25H2,1-8H3,(H,33,38)(H,34,37)/b22-21+/t28-,29+/m0/s1. The van der Waals surface area contributed by atoms with Crippen molar-refractivity contribution in [2.45, 2.75) is 157 Å². The molecule has 0 aliphatic carbocycles. The molecule has 0 heterocycles. The zero-order chi connectivity index (χ0) is 29.7. The molecule has 230 valence electrons. The van der Waals surface area contributed by atoms with Crippen LogP contribution in [0.25, 0.3) is 0 Å². The van der Waals surface area contributed by atoms with Gasteiger partial charge in [-0.1, -0.05) is 104 Å². The molecular weight excluding hydrogens is 490 g/mol. The van der Waals surface area contributed by atoms with Crippen molar-refractivity contribution < 1.29 is 19.4 Å². The summed E-state index contributed by atoms with van der Waals surface area (Å²) in [5, 5.41) is 16.4. The third kappa shape index (κ3) is 20.0. The largest absolute Gasteiger partial charge is 0.447 e. The molecule has 0 aliphatic heterocycles. The minimum absolute atomic E-state index is 0.102. The smallest absolute Gasteiger partial charge is 0.407 e. The topological polar surface area (TPSA) is 90.9 Å². The van der Waals surface area contributed by atoms with E-state index in [-0.39, 0.29) is 12.5 Å². The number of unbranched alkanes of at least 4 members (excludes halogenated alkanes) is 11. The molecule has 0 saturated carbocycles. The van der Waals surface area contributed by atoms with Gasteiger partial charge in [-0.05, 0) is 40.5 Å². The van der Waals surface area contributed by atoms with Crippen LogP contribution in [0.15, 0.2) is 12.2 Å². The van der Waals surface area contributed by atoms with Crippen LogP contribution in [0, 0.1) is 5.41 Å². The lowest BCUT2D eigenvalue weighted by Gasteiger charge is -2.30. The molecule has 3 N–H and O–H groups in total. The molecule has 0 aromatic rings. The second kappa shape index (κ2) is 22.1. The van der Waals surface area contributed by atoms with Gasteiger partial charge in [0.1, 0.15) is 6.61 Å². The van der Waals surface area contributed by atoms with E-state index in [0.717, 1.165) is 19.4 Å². The molecule has 0 radical (unpaired) electrons. The van der Waals surface area contributed by atoms with Crippen LogP contribution in [0.2, 0.25) is 0 Å². The van der Waals surface area contributed by atoms with Crippen molar-refractivity contribution in [3.8, 4) is 0 Å². The highest BCUT2D eigenvalue weighted by Gasteiger charge is 2.27. The van der Waals surface area contributed by atoms with Crippen LogP contribution in [0.4, 0.5) is 4.79 Å². The first kappa shape index (κ1) is 37.4. The lowest BCUT2D eigenvalue weighted by molar-refractivity contribution is -0.130. The third-order valence-electron chi connectivity index (χ3n) is 7.08. The number of nitrogens with one attached hydrogen (secondary N) is 2. The lowest BCUT2D eigenvalue weighted by Crippen LogP contribution is -2.50. The number of aliphatic hydroxyl groups is 1. The molecule has 7 nitrogen and oxygen atoms in total. The number of nitrogens with zero attached hydrogens (tertiary/aromatic N) is 1. The minimum Gasteiger partial charge on any atom is -0.447 e. The molecule has 0 spiro atoms. The molecule has 39 heavy (non-hydrogen) atoms. The zero-order valence-electron chi connectivity index (χ0n) is 26.7. The van der Waals surface area contributed by atoms with Gasteiger partial charge in [-0.15, -0.1) is 0 Å². The Balaban J connectivity index is 4.49. The molecule has 0 saturated heterocycles. The summed E-state index contributed by atoms with van der Waals surface area (Å²) in [6, 6.07) is 0.0533. The number of hydrogen-bond donors (Lipinski definition) is 3. The maximum Gasteiger partial charge on any atom is 0.407 e. The summed E-state index contributed by atoms with van der Waals surface area (Å²) in [6.45, 7) is 17.3. The molecule has 0 bridgehead atoms. The van der Waals surface area contributed by atoms with Crippen LogP contribution < -0.4 is 10.6 Å². The van der Waals surface area contributed by atoms with E-state index < -0.39 is 23.7 Å². The van der Waals surface area contributed by atoms with Crippen LogP contribution in [-0.2, 0) is 9.53 Å². The highest BCUT2D eigenvalue weighted by molar-refractivity contribution is 5.81. The monoisotopic (exact) mass is 553 g/mol. The van der Waals surface area contributed by atoms with Crippen molar-refractivity contribution in [3.63, 3.8) is 0 Å². The van der Waals surface area contributed by atoms with Crippen LogP contribution in [-0.4, -0.2) is 65.9 Å². The molecule has 0 fully saturated rings. The fraction of sp³-hybridized carbons (Fsp3) is 0.875. The fourth-order valence-corrected chi connectivity index (χ4v) is 4.52. The molecule has 2 atom stereocenters. The van der Waals surface area contributed by atoms with Crippen LogP contribution in [0.3, 0.4) is 0 Å². The predicted molar refractivity (Wildman–Crippen MR) is 164 cm³/mol. The van der Waals surface area contributed by atoms with Crippen molar-refractivity contribution in [2.24, 2.45) is 5.41 Å². The van der Waals surface area contributed by atoms with E-state index in [0.29, 0.717) is 18.6 Å². The lowest BCUT2D eigenvalue weighted by atomic mass is 9.95. The zero-order valence-corrected chi connectivity index (χ0v) is 26.7. The number of hydrogen-bond acceptors (Lipinski definition) is 5. The Kier molecular flexibility index (Phi) is 21.2. The second-order valence-corrected chi connectivity index (χ2v) is 12.5. The average Bonchev–Trinajstić information content (AvgIpc) is 2.85. The van der Waals surface area contributed by atoms with E-state index in [1.165, 1.54) is 64.2 Å². The van der Waals surface area contributed by atoms with Crippen LogP contribution in [0.1, 0.15) is 132 Å². The number of carbonyl (C=O) groups excluding carboxylic acids is 2. The van der Waals surface area contributed by atoms with Gasteiger partial charge in [0.25, 0.3) is 0 Å². The van der Waals surface area contributed by atoms with E-state index in [9.17, 15) is 14.7 Å².